The Kier molecular flexibility index (Phi) is 19.5. The highest BCUT2D eigenvalue weighted by Crippen LogP contribution is 2.17. The molecule has 0 aromatic heterocycles. The van der Waals surface area contributed by atoms with E-state index in [0.29, 0.717) is 6.54 Å². The average Bonchev–Trinajstić information content (AvgIpc) is 2.76. The number of allylic oxidation sites excluding steroid dienone is 2. The molecular weight excluding hydrogens is 422 g/mol. The largest absolute Gasteiger partial charge is 0.481 e. The fraction of sp³-hybridized carbons (Fsp3) is 0.808. The summed E-state index contributed by atoms with van der Waals surface area (Å²) in [7, 11) is 0. The van der Waals surface area contributed by atoms with E-state index < -0.39 is 17.9 Å². The number of carbonyl (C=O) groups is 3. The minimum atomic E-state index is -0.934. The average molecular weight is 471 g/mol. The molecular formula is C26H48NO6+. The van der Waals surface area contributed by atoms with Gasteiger partial charge >= 0.3 is 17.9 Å². The number of aliphatic carboxylic acids is 3. The van der Waals surface area contributed by atoms with Crippen molar-refractivity contribution in [1.82, 2.24) is 0 Å². The predicted octanol–water partition coefficient (Wildman–Crippen LogP) is 5.87. The van der Waals surface area contributed by atoms with Gasteiger partial charge in [0.25, 0.3) is 0 Å². The van der Waals surface area contributed by atoms with Crippen molar-refractivity contribution in [2.75, 3.05) is 26.2 Å². The number of rotatable bonds is 24. The van der Waals surface area contributed by atoms with Gasteiger partial charge in [-0.1, -0.05) is 69.9 Å². The summed E-state index contributed by atoms with van der Waals surface area (Å²) in [4.78, 5) is 33.3. The Bertz CT molecular complexity index is 515. The summed E-state index contributed by atoms with van der Waals surface area (Å²) < 4.78 is 0.264. The fourth-order valence-electron chi connectivity index (χ4n) is 4.31. The molecule has 0 aliphatic carbocycles. The minimum Gasteiger partial charge on any atom is -0.481 e. The SMILES string of the molecule is C/C=C/CCCCCCCCCCCCCC[N+](CCC(=O)O)(CCC(=O)O)CCC(=O)O. The molecule has 0 aliphatic rings. The van der Waals surface area contributed by atoms with Crippen LogP contribution in [-0.2, 0) is 14.4 Å². The second kappa shape index (κ2) is 20.7. The Balaban J connectivity index is 4.11. The van der Waals surface area contributed by atoms with E-state index >= 15 is 0 Å². The zero-order valence-corrected chi connectivity index (χ0v) is 20.8. The summed E-state index contributed by atoms with van der Waals surface area (Å²) in [6, 6.07) is 0. The van der Waals surface area contributed by atoms with Crippen LogP contribution < -0.4 is 0 Å². The molecule has 192 valence electrons. The molecule has 0 amide bonds. The van der Waals surface area contributed by atoms with E-state index in [1.165, 1.54) is 64.2 Å². The van der Waals surface area contributed by atoms with Gasteiger partial charge in [-0.3, -0.25) is 14.4 Å². The molecule has 0 saturated carbocycles. The third kappa shape index (κ3) is 20.4. The van der Waals surface area contributed by atoms with E-state index in [-0.39, 0.29) is 43.4 Å². The smallest absolute Gasteiger partial charge is 0.309 e. The zero-order valence-electron chi connectivity index (χ0n) is 20.8. The van der Waals surface area contributed by atoms with Crippen LogP contribution in [0.2, 0.25) is 0 Å². The lowest BCUT2D eigenvalue weighted by atomic mass is 10.0. The summed E-state index contributed by atoms with van der Waals surface area (Å²) in [5.74, 6) is -2.80. The molecule has 0 unspecified atom stereocenters. The highest BCUT2D eigenvalue weighted by Gasteiger charge is 2.29. The topological polar surface area (TPSA) is 112 Å². The summed E-state index contributed by atoms with van der Waals surface area (Å²) >= 11 is 0. The van der Waals surface area contributed by atoms with Crippen molar-refractivity contribution >= 4 is 17.9 Å². The quantitative estimate of drug-likeness (QED) is 0.0923. The molecule has 33 heavy (non-hydrogen) atoms. The van der Waals surface area contributed by atoms with Gasteiger partial charge in [0.1, 0.15) is 0 Å². The Morgan fingerprint density at radius 3 is 1.21 bits per heavy atom. The van der Waals surface area contributed by atoms with Gasteiger partial charge in [-0.15, -0.1) is 0 Å². The lowest BCUT2D eigenvalue weighted by molar-refractivity contribution is -0.927. The van der Waals surface area contributed by atoms with Crippen LogP contribution in [0.15, 0.2) is 12.2 Å². The van der Waals surface area contributed by atoms with E-state index in [4.69, 9.17) is 15.3 Å². The number of hydrogen-bond acceptors (Lipinski definition) is 3. The highest BCUT2D eigenvalue weighted by atomic mass is 16.4. The van der Waals surface area contributed by atoms with E-state index in [1.54, 1.807) is 0 Å². The summed E-state index contributed by atoms with van der Waals surface area (Å²) in [6.07, 6.45) is 19.9. The van der Waals surface area contributed by atoms with Crippen LogP contribution in [-0.4, -0.2) is 63.9 Å². The third-order valence-corrected chi connectivity index (χ3v) is 6.39. The Morgan fingerprint density at radius 2 is 0.879 bits per heavy atom. The standard InChI is InChI=1S/C26H47NO6/c1-2-3-4-5-6-7-8-9-10-11-12-13-14-15-16-20-27(21-17-24(28)29,22-18-25(30)31)23-19-26(32)33/h2-3H,4-23H2,1H3,(H2-,28,29,30,31,32,33)/p+1/b3-2+. The maximum Gasteiger partial charge on any atom is 0.309 e. The van der Waals surface area contributed by atoms with Crippen LogP contribution in [0.3, 0.4) is 0 Å². The van der Waals surface area contributed by atoms with Gasteiger partial charge in [0.05, 0.1) is 45.4 Å². The van der Waals surface area contributed by atoms with E-state index in [0.717, 1.165) is 19.3 Å². The molecule has 0 fully saturated rings. The van der Waals surface area contributed by atoms with Gasteiger partial charge in [-0.2, -0.15) is 0 Å². The molecule has 7 heteroatoms. The van der Waals surface area contributed by atoms with Crippen molar-refractivity contribution in [3.63, 3.8) is 0 Å². The molecule has 0 rings (SSSR count). The lowest BCUT2D eigenvalue weighted by Crippen LogP contribution is -2.52. The first kappa shape index (κ1) is 31.1. The number of nitrogens with zero attached hydrogens (tertiary/aromatic N) is 1. The normalized spacial score (nSPS) is 11.8. The maximum atomic E-state index is 11.1. The number of carboxylic acids is 3. The third-order valence-electron chi connectivity index (χ3n) is 6.39. The van der Waals surface area contributed by atoms with Gasteiger partial charge in [0.15, 0.2) is 0 Å². The summed E-state index contributed by atoms with van der Waals surface area (Å²) in [5, 5.41) is 27.3. The van der Waals surface area contributed by atoms with Crippen molar-refractivity contribution in [1.29, 1.82) is 0 Å². The Hall–Kier alpha value is -1.89. The molecule has 0 aromatic rings. The van der Waals surface area contributed by atoms with Crippen LogP contribution >= 0.6 is 0 Å². The molecule has 0 aliphatic heterocycles. The van der Waals surface area contributed by atoms with Crippen molar-refractivity contribution in [3.8, 4) is 0 Å². The van der Waals surface area contributed by atoms with Crippen molar-refractivity contribution in [2.24, 2.45) is 0 Å². The van der Waals surface area contributed by atoms with Crippen molar-refractivity contribution < 1.29 is 34.2 Å². The molecule has 0 spiro atoms. The van der Waals surface area contributed by atoms with Gasteiger partial charge in [0.2, 0.25) is 0 Å². The molecule has 0 bridgehead atoms. The maximum absolute atomic E-state index is 11.1. The van der Waals surface area contributed by atoms with Crippen LogP contribution in [0.5, 0.6) is 0 Å². The molecule has 3 N–H and O–H groups in total. The van der Waals surface area contributed by atoms with Gasteiger partial charge in [-0.05, 0) is 32.6 Å². The molecule has 0 saturated heterocycles. The first-order valence-electron chi connectivity index (χ1n) is 12.9. The molecule has 7 nitrogen and oxygen atoms in total. The first-order chi connectivity index (χ1) is 15.8. The predicted molar refractivity (Wildman–Crippen MR) is 131 cm³/mol. The summed E-state index contributed by atoms with van der Waals surface area (Å²) in [6.45, 7) is 3.56. The highest BCUT2D eigenvalue weighted by molar-refractivity contribution is 5.67. The van der Waals surface area contributed by atoms with Crippen molar-refractivity contribution in [3.05, 3.63) is 12.2 Å². The lowest BCUT2D eigenvalue weighted by Gasteiger charge is -2.38. The van der Waals surface area contributed by atoms with E-state index in [2.05, 4.69) is 19.1 Å². The zero-order chi connectivity index (χ0) is 24.8. The Labute approximate surface area is 200 Å². The molecule has 0 heterocycles. The van der Waals surface area contributed by atoms with Gasteiger partial charge < -0.3 is 19.8 Å². The Morgan fingerprint density at radius 1 is 0.545 bits per heavy atom. The van der Waals surface area contributed by atoms with Crippen LogP contribution in [0.1, 0.15) is 110 Å². The first-order valence-corrected chi connectivity index (χ1v) is 12.9. The fourth-order valence-corrected chi connectivity index (χ4v) is 4.31. The van der Waals surface area contributed by atoms with Crippen LogP contribution in [0.4, 0.5) is 0 Å². The second-order valence-electron chi connectivity index (χ2n) is 9.27. The number of carboxylic acid groups (broad SMARTS) is 3. The number of quaternary nitrogens is 1. The van der Waals surface area contributed by atoms with Crippen LogP contribution in [0, 0.1) is 0 Å². The molecule has 0 radical (unpaired) electrons. The van der Waals surface area contributed by atoms with Crippen LogP contribution in [0.25, 0.3) is 0 Å². The van der Waals surface area contributed by atoms with Gasteiger partial charge in [0, 0.05) is 0 Å². The monoisotopic (exact) mass is 470 g/mol. The van der Waals surface area contributed by atoms with Gasteiger partial charge in [-0.25, -0.2) is 0 Å². The van der Waals surface area contributed by atoms with E-state index in [9.17, 15) is 14.4 Å². The molecule has 0 atom stereocenters. The minimum absolute atomic E-state index is 0.0744. The van der Waals surface area contributed by atoms with E-state index in [1.807, 2.05) is 0 Å². The summed E-state index contributed by atoms with van der Waals surface area (Å²) in [5.41, 5.74) is 0. The number of unbranched alkanes of at least 4 members (excludes halogenated alkanes) is 12. The molecule has 0 aromatic carbocycles. The number of hydrogen-bond donors (Lipinski definition) is 3. The van der Waals surface area contributed by atoms with Crippen molar-refractivity contribution in [2.45, 2.75) is 110 Å². The second-order valence-corrected chi connectivity index (χ2v) is 9.27.